The summed E-state index contributed by atoms with van der Waals surface area (Å²) in [5.74, 6) is 3.62. The van der Waals surface area contributed by atoms with Gasteiger partial charge < -0.3 is 28.7 Å². The lowest BCUT2D eigenvalue weighted by molar-refractivity contribution is 0.0918. The molecule has 5 rings (SSSR count). The van der Waals surface area contributed by atoms with Gasteiger partial charge in [-0.3, -0.25) is 9.69 Å². The van der Waals surface area contributed by atoms with E-state index in [1.165, 1.54) is 5.56 Å². The van der Waals surface area contributed by atoms with Crippen LogP contribution in [0.3, 0.4) is 0 Å². The van der Waals surface area contributed by atoms with Crippen LogP contribution in [0.5, 0.6) is 23.0 Å². The van der Waals surface area contributed by atoms with Crippen molar-refractivity contribution in [3.8, 4) is 23.0 Å². The molecule has 1 N–H and O–H groups in total. The number of rotatable bonds is 11. The number of methoxy groups -OCH3 is 2. The van der Waals surface area contributed by atoms with Gasteiger partial charge in [0.25, 0.3) is 5.91 Å². The summed E-state index contributed by atoms with van der Waals surface area (Å²) in [5.41, 5.74) is 3.08. The van der Waals surface area contributed by atoms with E-state index in [-0.39, 0.29) is 18.5 Å². The molecule has 38 heavy (non-hydrogen) atoms. The van der Waals surface area contributed by atoms with E-state index in [0.29, 0.717) is 43.4 Å². The topological polar surface area (TPSA) is 82.4 Å². The Labute approximate surface area is 221 Å². The number of benzene rings is 3. The van der Waals surface area contributed by atoms with Crippen LogP contribution in [0.1, 0.15) is 33.0 Å². The van der Waals surface area contributed by atoms with Gasteiger partial charge in [0, 0.05) is 25.2 Å². The van der Waals surface area contributed by atoms with E-state index in [2.05, 4.69) is 22.3 Å². The minimum Gasteiger partial charge on any atom is -0.497 e. The molecule has 0 saturated heterocycles. The minimum absolute atomic E-state index is 0.214. The van der Waals surface area contributed by atoms with Gasteiger partial charge in [0.1, 0.15) is 17.3 Å². The summed E-state index contributed by atoms with van der Waals surface area (Å²) in [6.07, 6.45) is 0. The highest BCUT2D eigenvalue weighted by atomic mass is 16.7. The second-order valence-corrected chi connectivity index (χ2v) is 8.94. The number of nitrogens with one attached hydrogen (secondary N) is 1. The van der Waals surface area contributed by atoms with Crippen molar-refractivity contribution in [1.82, 2.24) is 10.2 Å². The van der Waals surface area contributed by atoms with Crippen LogP contribution < -0.4 is 24.3 Å². The number of hydrogen-bond donors (Lipinski definition) is 1. The second-order valence-electron chi connectivity index (χ2n) is 8.94. The molecule has 1 aromatic heterocycles. The molecule has 0 aliphatic carbocycles. The maximum atomic E-state index is 12.8. The first-order chi connectivity index (χ1) is 18.6. The molecule has 4 aromatic rings. The van der Waals surface area contributed by atoms with Crippen LogP contribution >= 0.6 is 0 Å². The zero-order valence-corrected chi connectivity index (χ0v) is 21.4. The van der Waals surface area contributed by atoms with Gasteiger partial charge in [-0.2, -0.15) is 0 Å². The van der Waals surface area contributed by atoms with Gasteiger partial charge in [-0.1, -0.05) is 36.4 Å². The molecule has 0 fully saturated rings. The molecule has 0 radical (unpaired) electrons. The number of hydrogen-bond acceptors (Lipinski definition) is 7. The summed E-state index contributed by atoms with van der Waals surface area (Å²) in [6, 6.07) is 25.1. The lowest BCUT2D eigenvalue weighted by Gasteiger charge is -2.23. The van der Waals surface area contributed by atoms with E-state index in [0.717, 1.165) is 22.6 Å². The van der Waals surface area contributed by atoms with Gasteiger partial charge in [0.2, 0.25) is 6.79 Å². The summed E-state index contributed by atoms with van der Waals surface area (Å²) in [4.78, 5) is 15.0. The highest BCUT2D eigenvalue weighted by Crippen LogP contribution is 2.32. The summed E-state index contributed by atoms with van der Waals surface area (Å²) < 4.78 is 27.7. The quantitative estimate of drug-likeness (QED) is 0.296. The molecule has 3 aromatic carbocycles. The number of amides is 1. The first-order valence-electron chi connectivity index (χ1n) is 12.3. The molecule has 2 heterocycles. The Kier molecular flexibility index (Phi) is 7.80. The van der Waals surface area contributed by atoms with Crippen molar-refractivity contribution in [3.63, 3.8) is 0 Å². The third-order valence-corrected chi connectivity index (χ3v) is 6.29. The summed E-state index contributed by atoms with van der Waals surface area (Å²) in [5, 5.41) is 2.91. The van der Waals surface area contributed by atoms with Crippen LogP contribution in [-0.4, -0.2) is 31.8 Å². The van der Waals surface area contributed by atoms with Gasteiger partial charge in [-0.15, -0.1) is 0 Å². The molecule has 0 unspecified atom stereocenters. The Hall–Kier alpha value is -4.43. The zero-order chi connectivity index (χ0) is 26.3. The molecule has 1 aliphatic rings. The predicted octanol–water partition coefficient (Wildman–Crippen LogP) is 5.16. The normalized spacial score (nSPS) is 12.0. The minimum atomic E-state index is -0.280. The number of fused-ring (bicyclic) bond motifs is 1. The molecule has 0 atom stereocenters. The summed E-state index contributed by atoms with van der Waals surface area (Å²) >= 11 is 0. The molecule has 1 amide bonds. The monoisotopic (exact) mass is 514 g/mol. The average molecular weight is 515 g/mol. The highest BCUT2D eigenvalue weighted by Gasteiger charge is 2.18. The lowest BCUT2D eigenvalue weighted by Crippen LogP contribution is -2.23. The van der Waals surface area contributed by atoms with Gasteiger partial charge in [0.15, 0.2) is 17.3 Å². The fourth-order valence-electron chi connectivity index (χ4n) is 4.38. The van der Waals surface area contributed by atoms with Crippen molar-refractivity contribution in [2.24, 2.45) is 0 Å². The third kappa shape index (κ3) is 6.10. The largest absolute Gasteiger partial charge is 0.497 e. The number of furan rings is 1. The Balaban J connectivity index is 1.27. The van der Waals surface area contributed by atoms with E-state index in [1.54, 1.807) is 20.3 Å². The standard InChI is InChI=1S/C30H30N2O6/c1-34-24-9-12-26(35-2)23(15-24)18-32(17-21-6-4-3-5-7-21)19-25-10-13-28(38-25)30(33)31-16-22-8-11-27-29(14-22)37-20-36-27/h3-15H,16-20H2,1-2H3,(H,31,33). The number of carbonyl (C=O) groups excluding carboxylic acids is 1. The fraction of sp³-hybridized carbons (Fsp3) is 0.233. The Morgan fingerprint density at radius 3 is 2.50 bits per heavy atom. The van der Waals surface area contributed by atoms with Crippen molar-refractivity contribution in [3.05, 3.63) is 107 Å². The van der Waals surface area contributed by atoms with Crippen molar-refractivity contribution < 1.29 is 28.2 Å². The first kappa shape index (κ1) is 25.2. The van der Waals surface area contributed by atoms with Crippen LogP contribution in [0.2, 0.25) is 0 Å². The lowest BCUT2D eigenvalue weighted by atomic mass is 10.1. The number of nitrogens with zero attached hydrogens (tertiary/aromatic N) is 1. The van der Waals surface area contributed by atoms with E-state index < -0.39 is 0 Å². The SMILES string of the molecule is COc1ccc(OC)c(CN(Cc2ccccc2)Cc2ccc(C(=O)NCc3ccc4c(c3)OCO4)o2)c1. The van der Waals surface area contributed by atoms with Gasteiger partial charge >= 0.3 is 0 Å². The van der Waals surface area contributed by atoms with Crippen molar-refractivity contribution >= 4 is 5.91 Å². The van der Waals surface area contributed by atoms with E-state index >= 15 is 0 Å². The molecule has 0 bridgehead atoms. The van der Waals surface area contributed by atoms with Crippen LogP contribution in [0.25, 0.3) is 0 Å². The Bertz CT molecular complexity index is 1380. The maximum Gasteiger partial charge on any atom is 0.287 e. The Morgan fingerprint density at radius 2 is 1.68 bits per heavy atom. The molecule has 8 nitrogen and oxygen atoms in total. The third-order valence-electron chi connectivity index (χ3n) is 6.29. The van der Waals surface area contributed by atoms with Crippen LogP contribution in [0, 0.1) is 0 Å². The first-order valence-corrected chi connectivity index (χ1v) is 12.3. The number of carbonyl (C=O) groups is 1. The maximum absolute atomic E-state index is 12.8. The highest BCUT2D eigenvalue weighted by molar-refractivity contribution is 5.91. The molecular formula is C30H30N2O6. The molecule has 8 heteroatoms. The van der Waals surface area contributed by atoms with Crippen molar-refractivity contribution in [2.75, 3.05) is 21.0 Å². The predicted molar refractivity (Wildman–Crippen MR) is 141 cm³/mol. The van der Waals surface area contributed by atoms with Crippen LogP contribution in [-0.2, 0) is 26.2 Å². The molecule has 0 saturated carbocycles. The molecule has 196 valence electrons. The van der Waals surface area contributed by atoms with E-state index in [1.807, 2.05) is 60.7 Å². The number of ether oxygens (including phenoxy) is 4. The molecular weight excluding hydrogens is 484 g/mol. The van der Waals surface area contributed by atoms with Gasteiger partial charge in [-0.25, -0.2) is 0 Å². The Morgan fingerprint density at radius 1 is 0.842 bits per heavy atom. The van der Waals surface area contributed by atoms with E-state index in [9.17, 15) is 4.79 Å². The molecule has 0 spiro atoms. The average Bonchev–Trinajstić information content (AvgIpc) is 3.61. The second kappa shape index (κ2) is 11.7. The zero-order valence-electron chi connectivity index (χ0n) is 21.4. The summed E-state index contributed by atoms with van der Waals surface area (Å²) in [6.45, 7) is 2.35. The van der Waals surface area contributed by atoms with Crippen LogP contribution in [0.4, 0.5) is 0 Å². The van der Waals surface area contributed by atoms with Gasteiger partial charge in [0.05, 0.1) is 20.8 Å². The van der Waals surface area contributed by atoms with E-state index in [4.69, 9.17) is 23.4 Å². The van der Waals surface area contributed by atoms with Crippen LogP contribution in [0.15, 0.2) is 83.3 Å². The summed E-state index contributed by atoms with van der Waals surface area (Å²) in [7, 11) is 3.31. The van der Waals surface area contributed by atoms with Crippen molar-refractivity contribution in [1.29, 1.82) is 0 Å². The smallest absolute Gasteiger partial charge is 0.287 e. The molecule has 1 aliphatic heterocycles. The fourth-order valence-corrected chi connectivity index (χ4v) is 4.38. The van der Waals surface area contributed by atoms with Crippen molar-refractivity contribution in [2.45, 2.75) is 26.2 Å². The van der Waals surface area contributed by atoms with Gasteiger partial charge in [-0.05, 0) is 53.6 Å².